The number of halogens is 1. The number of hydrogen-bond acceptors (Lipinski definition) is 4. The molecule has 3 heterocycles. The molecule has 0 bridgehead atoms. The zero-order valence-corrected chi connectivity index (χ0v) is 20.0. The van der Waals surface area contributed by atoms with Crippen LogP contribution in [0.15, 0.2) is 29.4 Å². The van der Waals surface area contributed by atoms with Gasteiger partial charge >= 0.3 is 0 Å². The van der Waals surface area contributed by atoms with Crippen LogP contribution in [0.5, 0.6) is 0 Å². The summed E-state index contributed by atoms with van der Waals surface area (Å²) >= 11 is 0. The first-order chi connectivity index (χ1) is 13.2. The van der Waals surface area contributed by atoms with Crippen molar-refractivity contribution in [1.29, 1.82) is 0 Å². The fourth-order valence-electron chi connectivity index (χ4n) is 4.21. The largest absolute Gasteiger partial charge is 0.357 e. The van der Waals surface area contributed by atoms with Crippen molar-refractivity contribution in [2.75, 3.05) is 50.7 Å². The van der Waals surface area contributed by atoms with Crippen molar-refractivity contribution in [3.63, 3.8) is 0 Å². The number of piperazine rings is 1. The van der Waals surface area contributed by atoms with Gasteiger partial charge in [-0.05, 0) is 52.3 Å². The molecule has 6 nitrogen and oxygen atoms in total. The number of aromatic nitrogens is 1. The van der Waals surface area contributed by atoms with Crippen molar-refractivity contribution in [2.24, 2.45) is 4.99 Å². The Labute approximate surface area is 187 Å². The molecule has 0 spiro atoms. The zero-order valence-electron chi connectivity index (χ0n) is 17.7. The highest BCUT2D eigenvalue weighted by Gasteiger charge is 2.24. The summed E-state index contributed by atoms with van der Waals surface area (Å²) in [7, 11) is 0. The lowest BCUT2D eigenvalue weighted by Gasteiger charge is -2.39. The number of likely N-dealkylation sites (tertiary alicyclic amines) is 1. The quantitative estimate of drug-likeness (QED) is 0.383. The number of nitrogens with zero attached hydrogens (tertiary/aromatic N) is 5. The second kappa shape index (κ2) is 11.8. The average Bonchev–Trinajstić information content (AvgIpc) is 2.72. The Morgan fingerprint density at radius 3 is 2.64 bits per heavy atom. The molecule has 2 fully saturated rings. The Kier molecular flexibility index (Phi) is 9.77. The molecule has 0 radical (unpaired) electrons. The number of rotatable bonds is 5. The highest BCUT2D eigenvalue weighted by atomic mass is 127. The minimum atomic E-state index is 0. The van der Waals surface area contributed by atoms with E-state index in [1.165, 1.54) is 25.8 Å². The number of guanidine groups is 1. The van der Waals surface area contributed by atoms with Crippen molar-refractivity contribution in [3.8, 4) is 0 Å². The molecule has 2 aliphatic rings. The number of aliphatic imine (C=N–C) groups is 1. The first-order valence-corrected chi connectivity index (χ1v) is 10.6. The van der Waals surface area contributed by atoms with Crippen molar-refractivity contribution in [2.45, 2.75) is 52.1 Å². The summed E-state index contributed by atoms with van der Waals surface area (Å²) in [6, 6.07) is 7.32. The van der Waals surface area contributed by atoms with Crippen molar-refractivity contribution < 1.29 is 0 Å². The smallest absolute Gasteiger partial charge is 0.194 e. The molecule has 2 unspecified atom stereocenters. The first-order valence-electron chi connectivity index (χ1n) is 10.6. The summed E-state index contributed by atoms with van der Waals surface area (Å²) in [6.45, 7) is 13.8. The average molecular weight is 500 g/mol. The molecule has 2 atom stereocenters. The standard InChI is InChI=1S/C21H36N6.HI/c1-4-22-21(24-17-19(3)27-12-8-6-9-18(27)2)26-15-13-25(14-16-26)20-10-5-7-11-23-20;/h5,7,10-11,18-19H,4,6,8-9,12-17H2,1-3H3,(H,22,24);1H. The minimum Gasteiger partial charge on any atom is -0.357 e. The maximum Gasteiger partial charge on any atom is 0.194 e. The molecule has 0 aliphatic carbocycles. The zero-order chi connectivity index (χ0) is 19.1. The summed E-state index contributed by atoms with van der Waals surface area (Å²) < 4.78 is 0. The number of piperidine rings is 1. The van der Waals surface area contributed by atoms with Crippen LogP contribution in [0.25, 0.3) is 0 Å². The molecule has 0 amide bonds. The van der Waals surface area contributed by atoms with Crippen molar-refractivity contribution in [3.05, 3.63) is 24.4 Å². The number of anilines is 1. The van der Waals surface area contributed by atoms with E-state index in [4.69, 9.17) is 4.99 Å². The van der Waals surface area contributed by atoms with Crippen LogP contribution in [0.1, 0.15) is 40.0 Å². The molecule has 2 aliphatic heterocycles. The Morgan fingerprint density at radius 2 is 2.00 bits per heavy atom. The maximum absolute atomic E-state index is 5.00. The maximum atomic E-state index is 5.00. The third-order valence-corrected chi connectivity index (χ3v) is 5.81. The van der Waals surface area contributed by atoms with Gasteiger partial charge in [-0.1, -0.05) is 12.5 Å². The minimum absolute atomic E-state index is 0. The molecule has 1 N–H and O–H groups in total. The molecule has 3 rings (SSSR count). The van der Waals surface area contributed by atoms with Gasteiger partial charge < -0.3 is 15.1 Å². The molecular weight excluding hydrogens is 463 g/mol. The lowest BCUT2D eigenvalue weighted by molar-refractivity contribution is 0.118. The van der Waals surface area contributed by atoms with Crippen molar-refractivity contribution in [1.82, 2.24) is 20.1 Å². The van der Waals surface area contributed by atoms with Gasteiger partial charge in [-0.25, -0.2) is 4.98 Å². The van der Waals surface area contributed by atoms with Gasteiger partial charge in [0.1, 0.15) is 5.82 Å². The fourth-order valence-corrected chi connectivity index (χ4v) is 4.21. The Bertz CT molecular complexity index is 588. The van der Waals surface area contributed by atoms with Crippen LogP contribution >= 0.6 is 24.0 Å². The van der Waals surface area contributed by atoms with E-state index in [1.807, 2.05) is 12.3 Å². The van der Waals surface area contributed by atoms with Gasteiger partial charge in [0, 0.05) is 51.0 Å². The lowest BCUT2D eigenvalue weighted by Crippen LogP contribution is -2.53. The summed E-state index contributed by atoms with van der Waals surface area (Å²) in [5.41, 5.74) is 0. The molecule has 7 heteroatoms. The van der Waals surface area contributed by atoms with Crippen LogP contribution in [-0.4, -0.2) is 78.6 Å². The lowest BCUT2D eigenvalue weighted by atomic mass is 10.0. The number of hydrogen-bond donors (Lipinski definition) is 1. The summed E-state index contributed by atoms with van der Waals surface area (Å²) in [5, 5.41) is 3.50. The molecule has 1 aromatic heterocycles. The van der Waals surface area contributed by atoms with E-state index in [0.717, 1.165) is 51.0 Å². The molecule has 2 saturated heterocycles. The monoisotopic (exact) mass is 500 g/mol. The van der Waals surface area contributed by atoms with E-state index in [1.54, 1.807) is 0 Å². The Balaban J connectivity index is 0.00000280. The topological polar surface area (TPSA) is 47.0 Å². The first kappa shape index (κ1) is 23.2. The van der Waals surface area contributed by atoms with Gasteiger partial charge in [-0.15, -0.1) is 24.0 Å². The van der Waals surface area contributed by atoms with Crippen LogP contribution in [0.3, 0.4) is 0 Å². The van der Waals surface area contributed by atoms with E-state index < -0.39 is 0 Å². The molecule has 0 aromatic carbocycles. The predicted octanol–water partition coefficient (Wildman–Crippen LogP) is 3.05. The Hall–Kier alpha value is -1.09. The van der Waals surface area contributed by atoms with Crippen LogP contribution in [0.4, 0.5) is 5.82 Å². The van der Waals surface area contributed by atoms with Crippen LogP contribution < -0.4 is 10.2 Å². The van der Waals surface area contributed by atoms with Gasteiger partial charge in [0.15, 0.2) is 5.96 Å². The Morgan fingerprint density at radius 1 is 1.21 bits per heavy atom. The molecule has 1 aromatic rings. The second-order valence-electron chi connectivity index (χ2n) is 7.79. The van der Waals surface area contributed by atoms with E-state index in [2.05, 4.69) is 57.9 Å². The SMILES string of the molecule is CCNC(=NCC(C)N1CCCCC1C)N1CCN(c2ccccn2)CC1.I. The van der Waals surface area contributed by atoms with Crippen LogP contribution in [0.2, 0.25) is 0 Å². The summed E-state index contributed by atoms with van der Waals surface area (Å²) in [6.07, 6.45) is 5.89. The highest BCUT2D eigenvalue weighted by Crippen LogP contribution is 2.19. The summed E-state index contributed by atoms with van der Waals surface area (Å²) in [4.78, 5) is 16.9. The van der Waals surface area contributed by atoms with Gasteiger partial charge in [-0.3, -0.25) is 9.89 Å². The normalized spacial score (nSPS) is 22.5. The molecule has 158 valence electrons. The van der Waals surface area contributed by atoms with Crippen LogP contribution in [-0.2, 0) is 0 Å². The fraction of sp³-hybridized carbons (Fsp3) is 0.714. The number of pyridine rings is 1. The van der Waals surface area contributed by atoms with Gasteiger partial charge in [0.25, 0.3) is 0 Å². The van der Waals surface area contributed by atoms with Gasteiger partial charge in [0.05, 0.1) is 6.54 Å². The van der Waals surface area contributed by atoms with Crippen molar-refractivity contribution >= 4 is 35.8 Å². The molecule has 0 saturated carbocycles. The van der Waals surface area contributed by atoms with Crippen LogP contribution in [0, 0.1) is 0 Å². The number of nitrogens with one attached hydrogen (secondary N) is 1. The van der Waals surface area contributed by atoms with E-state index >= 15 is 0 Å². The van der Waals surface area contributed by atoms with Gasteiger partial charge in [0.2, 0.25) is 0 Å². The predicted molar refractivity (Wildman–Crippen MR) is 129 cm³/mol. The molecule has 28 heavy (non-hydrogen) atoms. The second-order valence-corrected chi connectivity index (χ2v) is 7.79. The molecular formula is C21H37IN6. The third-order valence-electron chi connectivity index (χ3n) is 5.81. The van der Waals surface area contributed by atoms with E-state index in [9.17, 15) is 0 Å². The highest BCUT2D eigenvalue weighted by molar-refractivity contribution is 14.0. The van der Waals surface area contributed by atoms with E-state index in [-0.39, 0.29) is 24.0 Å². The van der Waals surface area contributed by atoms with E-state index in [0.29, 0.717) is 12.1 Å². The van der Waals surface area contributed by atoms with Gasteiger partial charge in [-0.2, -0.15) is 0 Å². The third kappa shape index (κ3) is 6.20. The summed E-state index contributed by atoms with van der Waals surface area (Å²) in [5.74, 6) is 2.14.